The Hall–Kier alpha value is -1.72. The molecule has 2 aromatic rings. The van der Waals surface area contributed by atoms with Crippen LogP contribution in [0.4, 0.5) is 4.39 Å². The first kappa shape index (κ1) is 11.4. The van der Waals surface area contributed by atoms with Crippen molar-refractivity contribution in [3.8, 4) is 0 Å². The van der Waals surface area contributed by atoms with Crippen LogP contribution >= 0.6 is 0 Å². The Morgan fingerprint density at radius 3 is 2.89 bits per heavy atom. The minimum Gasteiger partial charge on any atom is -0.450 e. The predicted molar refractivity (Wildman–Crippen MR) is 62.8 cm³/mol. The van der Waals surface area contributed by atoms with Gasteiger partial charge >= 0.3 is 0 Å². The van der Waals surface area contributed by atoms with E-state index in [2.05, 4.69) is 0 Å². The van der Waals surface area contributed by atoms with Gasteiger partial charge in [0.25, 0.3) is 0 Å². The third-order valence-electron chi connectivity index (χ3n) is 3.20. The SMILES string of the molecule is NC1COCC1C(=O)c1cc2cccc(F)c2o1. The van der Waals surface area contributed by atoms with Gasteiger partial charge in [-0.1, -0.05) is 12.1 Å². The molecule has 94 valence electrons. The molecule has 3 rings (SSSR count). The third kappa shape index (κ3) is 1.72. The van der Waals surface area contributed by atoms with Gasteiger partial charge in [-0.05, 0) is 12.1 Å². The summed E-state index contributed by atoms with van der Waals surface area (Å²) in [6.45, 7) is 0.657. The van der Waals surface area contributed by atoms with Crippen molar-refractivity contribution in [3.63, 3.8) is 0 Å². The first-order valence-electron chi connectivity index (χ1n) is 5.72. The van der Waals surface area contributed by atoms with Crippen molar-refractivity contribution in [2.75, 3.05) is 13.2 Å². The molecule has 1 fully saturated rings. The first-order valence-corrected chi connectivity index (χ1v) is 5.72. The van der Waals surface area contributed by atoms with Gasteiger partial charge in [0.05, 0.1) is 19.1 Å². The molecule has 1 aromatic heterocycles. The number of benzene rings is 1. The van der Waals surface area contributed by atoms with Gasteiger partial charge in [0.1, 0.15) is 0 Å². The number of hydrogen-bond acceptors (Lipinski definition) is 4. The molecule has 1 aliphatic rings. The third-order valence-corrected chi connectivity index (χ3v) is 3.20. The van der Waals surface area contributed by atoms with Gasteiger partial charge in [-0.3, -0.25) is 4.79 Å². The number of rotatable bonds is 2. The molecule has 18 heavy (non-hydrogen) atoms. The second-order valence-corrected chi connectivity index (χ2v) is 4.44. The number of carbonyl (C=O) groups is 1. The van der Waals surface area contributed by atoms with Crippen LogP contribution in [0.5, 0.6) is 0 Å². The highest BCUT2D eigenvalue weighted by atomic mass is 19.1. The number of carbonyl (C=O) groups excluding carboxylic acids is 1. The van der Waals surface area contributed by atoms with Crippen LogP contribution in [0.25, 0.3) is 11.0 Å². The monoisotopic (exact) mass is 249 g/mol. The van der Waals surface area contributed by atoms with E-state index in [0.29, 0.717) is 18.6 Å². The van der Waals surface area contributed by atoms with Crippen molar-refractivity contribution >= 4 is 16.8 Å². The zero-order valence-electron chi connectivity index (χ0n) is 9.56. The molecule has 0 spiro atoms. The van der Waals surface area contributed by atoms with Crippen LogP contribution in [0, 0.1) is 11.7 Å². The lowest BCUT2D eigenvalue weighted by Crippen LogP contribution is -2.33. The summed E-state index contributed by atoms with van der Waals surface area (Å²) in [5.41, 5.74) is 5.88. The second kappa shape index (κ2) is 4.19. The van der Waals surface area contributed by atoms with Crippen molar-refractivity contribution < 1.29 is 18.3 Å². The summed E-state index contributed by atoms with van der Waals surface area (Å²) in [4.78, 5) is 12.2. The molecule has 0 saturated carbocycles. The molecule has 0 bridgehead atoms. The Bertz CT molecular complexity index is 607. The largest absolute Gasteiger partial charge is 0.450 e. The van der Waals surface area contributed by atoms with Crippen LogP contribution in [-0.2, 0) is 4.74 Å². The Morgan fingerprint density at radius 2 is 2.22 bits per heavy atom. The summed E-state index contributed by atoms with van der Waals surface area (Å²) in [6, 6.07) is 5.79. The number of Topliss-reactive ketones (excluding diaryl/α,β-unsaturated/α-hetero) is 1. The van der Waals surface area contributed by atoms with E-state index < -0.39 is 11.7 Å². The smallest absolute Gasteiger partial charge is 0.205 e. The van der Waals surface area contributed by atoms with Crippen LogP contribution in [0.1, 0.15) is 10.6 Å². The maximum absolute atomic E-state index is 13.5. The minimum absolute atomic E-state index is 0.105. The lowest BCUT2D eigenvalue weighted by molar-refractivity contribution is 0.0869. The van der Waals surface area contributed by atoms with E-state index in [1.54, 1.807) is 18.2 Å². The Kier molecular flexibility index (Phi) is 2.65. The molecule has 0 radical (unpaired) electrons. The highest BCUT2D eigenvalue weighted by Crippen LogP contribution is 2.25. The standard InChI is InChI=1S/C13H12FNO3/c14-9-3-1-2-7-4-11(18-13(7)9)12(16)8-5-17-6-10(8)15/h1-4,8,10H,5-6,15H2. The fourth-order valence-electron chi connectivity index (χ4n) is 2.17. The van der Waals surface area contributed by atoms with E-state index in [1.165, 1.54) is 6.07 Å². The van der Waals surface area contributed by atoms with Gasteiger partial charge in [-0.15, -0.1) is 0 Å². The highest BCUT2D eigenvalue weighted by Gasteiger charge is 2.33. The molecule has 4 nitrogen and oxygen atoms in total. The van der Waals surface area contributed by atoms with Gasteiger partial charge in [0.15, 0.2) is 17.2 Å². The van der Waals surface area contributed by atoms with Gasteiger partial charge in [-0.25, -0.2) is 4.39 Å². The molecule has 2 N–H and O–H groups in total. The predicted octanol–water partition coefficient (Wildman–Crippen LogP) is 1.73. The minimum atomic E-state index is -0.474. The highest BCUT2D eigenvalue weighted by molar-refractivity contribution is 5.99. The molecular formula is C13H12FNO3. The van der Waals surface area contributed by atoms with Gasteiger partial charge in [0, 0.05) is 11.4 Å². The molecule has 0 amide bonds. The van der Waals surface area contributed by atoms with Crippen molar-refractivity contribution in [2.24, 2.45) is 11.7 Å². The fraction of sp³-hybridized carbons (Fsp3) is 0.308. The van der Waals surface area contributed by atoms with Crippen LogP contribution in [0.3, 0.4) is 0 Å². The first-order chi connectivity index (χ1) is 8.66. The number of hydrogen-bond donors (Lipinski definition) is 1. The Morgan fingerprint density at radius 1 is 1.39 bits per heavy atom. The average Bonchev–Trinajstić information content (AvgIpc) is 2.95. The fourth-order valence-corrected chi connectivity index (χ4v) is 2.17. The molecule has 5 heteroatoms. The van der Waals surface area contributed by atoms with Crippen LogP contribution in [0.2, 0.25) is 0 Å². The number of ketones is 1. The molecule has 0 aliphatic carbocycles. The summed E-state index contributed by atoms with van der Waals surface area (Å²) in [6.07, 6.45) is 0. The number of para-hydroxylation sites is 1. The molecular weight excluding hydrogens is 237 g/mol. The summed E-state index contributed by atoms with van der Waals surface area (Å²) in [7, 11) is 0. The van der Waals surface area contributed by atoms with E-state index in [0.717, 1.165) is 0 Å². The normalized spacial score (nSPS) is 23.7. The Balaban J connectivity index is 1.99. The summed E-state index contributed by atoms with van der Waals surface area (Å²) in [5, 5.41) is 0.575. The molecule has 1 aliphatic heterocycles. The maximum Gasteiger partial charge on any atom is 0.205 e. The molecule has 1 saturated heterocycles. The van der Waals surface area contributed by atoms with Crippen molar-refractivity contribution in [1.82, 2.24) is 0 Å². The lowest BCUT2D eigenvalue weighted by atomic mass is 9.97. The lowest BCUT2D eigenvalue weighted by Gasteiger charge is -2.09. The van der Waals surface area contributed by atoms with Crippen LogP contribution in [0.15, 0.2) is 28.7 Å². The summed E-state index contributed by atoms with van der Waals surface area (Å²) >= 11 is 0. The number of furan rings is 1. The van der Waals surface area contributed by atoms with E-state index in [-0.39, 0.29) is 23.2 Å². The van der Waals surface area contributed by atoms with E-state index >= 15 is 0 Å². The van der Waals surface area contributed by atoms with Crippen LogP contribution in [-0.4, -0.2) is 25.0 Å². The molecule has 2 atom stereocenters. The van der Waals surface area contributed by atoms with Gasteiger partial charge in [0.2, 0.25) is 5.78 Å². The number of ether oxygens (including phenoxy) is 1. The molecule has 2 unspecified atom stereocenters. The van der Waals surface area contributed by atoms with Crippen molar-refractivity contribution in [3.05, 3.63) is 35.8 Å². The zero-order chi connectivity index (χ0) is 12.7. The number of halogens is 1. The number of fused-ring (bicyclic) bond motifs is 1. The van der Waals surface area contributed by atoms with Crippen molar-refractivity contribution in [2.45, 2.75) is 6.04 Å². The quantitative estimate of drug-likeness (QED) is 0.823. The molecule has 2 heterocycles. The zero-order valence-corrected chi connectivity index (χ0v) is 9.56. The van der Waals surface area contributed by atoms with E-state index in [4.69, 9.17) is 14.9 Å². The maximum atomic E-state index is 13.5. The number of nitrogens with two attached hydrogens (primary N) is 1. The van der Waals surface area contributed by atoms with Gasteiger partial charge < -0.3 is 14.9 Å². The summed E-state index contributed by atoms with van der Waals surface area (Å²) in [5.74, 6) is -0.969. The average molecular weight is 249 g/mol. The molecule has 1 aromatic carbocycles. The Labute approximate surface area is 103 Å². The van der Waals surface area contributed by atoms with E-state index in [9.17, 15) is 9.18 Å². The van der Waals surface area contributed by atoms with Crippen molar-refractivity contribution in [1.29, 1.82) is 0 Å². The van der Waals surface area contributed by atoms with Crippen LogP contribution < -0.4 is 5.73 Å². The topological polar surface area (TPSA) is 65.5 Å². The van der Waals surface area contributed by atoms with E-state index in [1.807, 2.05) is 0 Å². The summed E-state index contributed by atoms with van der Waals surface area (Å²) < 4.78 is 23.9. The second-order valence-electron chi connectivity index (χ2n) is 4.44. The van der Waals surface area contributed by atoms with Gasteiger partial charge in [-0.2, -0.15) is 0 Å².